The van der Waals surface area contributed by atoms with Gasteiger partial charge in [-0.05, 0) is 36.7 Å². The Bertz CT molecular complexity index is 712. The predicted octanol–water partition coefficient (Wildman–Crippen LogP) is 2.77. The molecule has 2 heterocycles. The van der Waals surface area contributed by atoms with Crippen molar-refractivity contribution < 1.29 is 9.53 Å². The maximum Gasteiger partial charge on any atom is 0.275 e. The molecule has 0 saturated carbocycles. The van der Waals surface area contributed by atoms with Crippen LogP contribution in [0.3, 0.4) is 0 Å². The van der Waals surface area contributed by atoms with Crippen molar-refractivity contribution >= 4 is 21.8 Å². The number of nitrogens with one attached hydrogen (secondary N) is 1. The highest BCUT2D eigenvalue weighted by Gasteiger charge is 2.21. The second-order valence-corrected chi connectivity index (χ2v) is 6.01. The number of halogens is 1. The monoisotopic (exact) mass is 366 g/mol. The number of nitrogens with zero attached hydrogens (tertiary/aromatic N) is 3. The molecule has 0 atom stereocenters. The molecule has 0 aliphatic heterocycles. The lowest BCUT2D eigenvalue weighted by molar-refractivity contribution is 0.0776. The Kier molecular flexibility index (Phi) is 4.85. The Morgan fingerprint density at radius 1 is 1.41 bits per heavy atom. The third kappa shape index (κ3) is 2.99. The maximum atomic E-state index is 12.5. The van der Waals surface area contributed by atoms with Gasteiger partial charge in [0.2, 0.25) is 0 Å². The van der Waals surface area contributed by atoms with E-state index in [-0.39, 0.29) is 5.91 Å². The van der Waals surface area contributed by atoms with E-state index in [2.05, 4.69) is 31.1 Å². The molecule has 22 heavy (non-hydrogen) atoms. The van der Waals surface area contributed by atoms with Crippen LogP contribution in [-0.2, 0) is 6.54 Å². The van der Waals surface area contributed by atoms with Crippen LogP contribution in [0.25, 0.3) is 0 Å². The third-order valence-corrected chi connectivity index (χ3v) is 4.53. The minimum Gasteiger partial charge on any atom is -0.496 e. The molecule has 1 N–H and O–H groups in total. The molecule has 0 aliphatic carbocycles. The Morgan fingerprint density at radius 2 is 2.09 bits per heavy atom. The van der Waals surface area contributed by atoms with Crippen LogP contribution in [0, 0.1) is 20.8 Å². The van der Waals surface area contributed by atoms with Crippen molar-refractivity contribution in [3.63, 3.8) is 0 Å². The van der Waals surface area contributed by atoms with E-state index in [1.807, 2.05) is 20.8 Å². The number of aryl methyl sites for hydroxylation is 2. The average Bonchev–Trinajstić information content (AvgIpc) is 2.81. The molecule has 0 aromatic carbocycles. The zero-order chi connectivity index (χ0) is 16.4. The van der Waals surface area contributed by atoms with Gasteiger partial charge in [-0.25, -0.2) is 0 Å². The Morgan fingerprint density at radius 3 is 2.64 bits per heavy atom. The van der Waals surface area contributed by atoms with Crippen LogP contribution >= 0.6 is 15.9 Å². The van der Waals surface area contributed by atoms with Gasteiger partial charge in [-0.3, -0.25) is 14.9 Å². The molecule has 0 saturated heterocycles. The molecule has 0 spiro atoms. The minimum atomic E-state index is -0.169. The number of hydrogen-bond donors (Lipinski definition) is 1. The van der Waals surface area contributed by atoms with Gasteiger partial charge in [0.1, 0.15) is 5.75 Å². The standard InChI is InChI=1S/C15H19BrN4O2/c1-8-6-17-11(9(2)14(8)22-5)7-20(4)15(21)13-12(16)10(3)18-19-13/h6H,7H2,1-5H3,(H,18,19). The van der Waals surface area contributed by atoms with E-state index in [1.54, 1.807) is 25.3 Å². The summed E-state index contributed by atoms with van der Waals surface area (Å²) in [4.78, 5) is 18.5. The fourth-order valence-corrected chi connectivity index (χ4v) is 2.61. The van der Waals surface area contributed by atoms with Crippen LogP contribution in [0.1, 0.15) is 33.0 Å². The fraction of sp³-hybridized carbons (Fsp3) is 0.400. The Labute approximate surface area is 138 Å². The van der Waals surface area contributed by atoms with E-state index in [9.17, 15) is 4.79 Å². The van der Waals surface area contributed by atoms with E-state index < -0.39 is 0 Å². The first-order chi connectivity index (χ1) is 10.4. The van der Waals surface area contributed by atoms with Gasteiger partial charge in [0, 0.05) is 30.1 Å². The van der Waals surface area contributed by atoms with Crippen LogP contribution in [0.4, 0.5) is 0 Å². The number of carbonyl (C=O) groups is 1. The number of amides is 1. The summed E-state index contributed by atoms with van der Waals surface area (Å²) in [5.41, 5.74) is 3.92. The van der Waals surface area contributed by atoms with Gasteiger partial charge in [-0.1, -0.05) is 0 Å². The molecule has 0 fully saturated rings. The predicted molar refractivity (Wildman–Crippen MR) is 87.1 cm³/mol. The van der Waals surface area contributed by atoms with Crippen molar-refractivity contribution in [1.29, 1.82) is 0 Å². The smallest absolute Gasteiger partial charge is 0.275 e. The third-order valence-electron chi connectivity index (χ3n) is 3.56. The summed E-state index contributed by atoms with van der Waals surface area (Å²) in [6.07, 6.45) is 1.76. The highest BCUT2D eigenvalue weighted by atomic mass is 79.9. The van der Waals surface area contributed by atoms with E-state index in [0.717, 1.165) is 28.3 Å². The molecular formula is C15H19BrN4O2. The van der Waals surface area contributed by atoms with Gasteiger partial charge in [-0.2, -0.15) is 5.10 Å². The summed E-state index contributed by atoms with van der Waals surface area (Å²) in [6.45, 7) is 6.13. The molecule has 6 nitrogen and oxygen atoms in total. The summed E-state index contributed by atoms with van der Waals surface area (Å²) in [5.74, 6) is 0.639. The number of carbonyl (C=O) groups excluding carboxylic acids is 1. The maximum absolute atomic E-state index is 12.5. The normalized spacial score (nSPS) is 10.6. The van der Waals surface area contributed by atoms with Crippen molar-refractivity contribution in [3.8, 4) is 5.75 Å². The SMILES string of the molecule is COc1c(C)cnc(CN(C)C(=O)c2n[nH]c(C)c2Br)c1C. The van der Waals surface area contributed by atoms with Crippen LogP contribution < -0.4 is 4.74 Å². The number of hydrogen-bond acceptors (Lipinski definition) is 4. The summed E-state index contributed by atoms with van der Waals surface area (Å²) in [7, 11) is 3.36. The lowest BCUT2D eigenvalue weighted by Crippen LogP contribution is -2.27. The second kappa shape index (κ2) is 6.48. The molecule has 118 valence electrons. The summed E-state index contributed by atoms with van der Waals surface area (Å²) >= 11 is 3.37. The Hall–Kier alpha value is -1.89. The highest BCUT2D eigenvalue weighted by molar-refractivity contribution is 9.10. The van der Waals surface area contributed by atoms with Crippen molar-refractivity contribution in [1.82, 2.24) is 20.1 Å². The van der Waals surface area contributed by atoms with Crippen molar-refractivity contribution in [3.05, 3.63) is 38.9 Å². The molecule has 2 aromatic heterocycles. The second-order valence-electron chi connectivity index (χ2n) is 5.22. The zero-order valence-electron chi connectivity index (χ0n) is 13.3. The number of aromatic nitrogens is 3. The van der Waals surface area contributed by atoms with Crippen LogP contribution in [0.2, 0.25) is 0 Å². The Balaban J connectivity index is 2.24. The molecule has 2 rings (SSSR count). The molecule has 1 amide bonds. The summed E-state index contributed by atoms with van der Waals surface area (Å²) in [6, 6.07) is 0. The van der Waals surface area contributed by atoms with Gasteiger partial charge in [0.25, 0.3) is 5.91 Å². The van der Waals surface area contributed by atoms with Crippen molar-refractivity contribution in [2.45, 2.75) is 27.3 Å². The molecule has 0 aliphatic rings. The molecule has 0 unspecified atom stereocenters. The lowest BCUT2D eigenvalue weighted by Gasteiger charge is -2.18. The molecule has 0 radical (unpaired) electrons. The fourth-order valence-electron chi connectivity index (χ4n) is 2.26. The number of pyridine rings is 1. The summed E-state index contributed by atoms with van der Waals surface area (Å²) in [5, 5.41) is 6.83. The minimum absolute atomic E-state index is 0.169. The number of ether oxygens (including phenoxy) is 1. The number of aromatic amines is 1. The van der Waals surface area contributed by atoms with E-state index in [4.69, 9.17) is 4.74 Å². The van der Waals surface area contributed by atoms with Gasteiger partial charge in [0.05, 0.1) is 23.8 Å². The van der Waals surface area contributed by atoms with Gasteiger partial charge in [-0.15, -0.1) is 0 Å². The average molecular weight is 367 g/mol. The highest BCUT2D eigenvalue weighted by Crippen LogP contribution is 2.25. The first-order valence-corrected chi connectivity index (χ1v) is 7.61. The quantitative estimate of drug-likeness (QED) is 0.902. The largest absolute Gasteiger partial charge is 0.496 e. The van der Waals surface area contributed by atoms with E-state index >= 15 is 0 Å². The first kappa shape index (κ1) is 16.5. The van der Waals surface area contributed by atoms with Crippen molar-refractivity contribution in [2.75, 3.05) is 14.2 Å². The number of rotatable bonds is 4. The van der Waals surface area contributed by atoms with Gasteiger partial charge < -0.3 is 9.64 Å². The van der Waals surface area contributed by atoms with E-state index in [0.29, 0.717) is 16.7 Å². The summed E-state index contributed by atoms with van der Waals surface area (Å²) < 4.78 is 6.09. The van der Waals surface area contributed by atoms with Crippen LogP contribution in [0.5, 0.6) is 5.75 Å². The van der Waals surface area contributed by atoms with Gasteiger partial charge in [0.15, 0.2) is 5.69 Å². The topological polar surface area (TPSA) is 71.1 Å². The number of methoxy groups -OCH3 is 1. The van der Waals surface area contributed by atoms with Crippen LogP contribution in [0.15, 0.2) is 10.7 Å². The van der Waals surface area contributed by atoms with Gasteiger partial charge >= 0.3 is 0 Å². The lowest BCUT2D eigenvalue weighted by atomic mass is 10.1. The van der Waals surface area contributed by atoms with E-state index in [1.165, 1.54) is 0 Å². The molecule has 2 aromatic rings. The zero-order valence-corrected chi connectivity index (χ0v) is 14.9. The number of H-pyrrole nitrogens is 1. The van der Waals surface area contributed by atoms with Crippen LogP contribution in [-0.4, -0.2) is 40.1 Å². The first-order valence-electron chi connectivity index (χ1n) is 6.81. The molecule has 7 heteroatoms. The molecular weight excluding hydrogens is 348 g/mol. The van der Waals surface area contributed by atoms with Crippen molar-refractivity contribution in [2.24, 2.45) is 0 Å². The molecule has 0 bridgehead atoms.